The van der Waals surface area contributed by atoms with Crippen LogP contribution in [0.3, 0.4) is 0 Å². The summed E-state index contributed by atoms with van der Waals surface area (Å²) in [5.74, 6) is -0.712. The van der Waals surface area contributed by atoms with Crippen molar-refractivity contribution in [3.05, 3.63) is 23.8 Å². The van der Waals surface area contributed by atoms with E-state index in [1.54, 1.807) is 12.2 Å². The summed E-state index contributed by atoms with van der Waals surface area (Å²) < 4.78 is 4.89. The fraction of sp³-hybridized carbons (Fsp3) is 0.708. The van der Waals surface area contributed by atoms with E-state index in [2.05, 4.69) is 13.8 Å². The number of ketones is 2. The highest BCUT2D eigenvalue weighted by Crippen LogP contribution is 2.67. The Kier molecular flexibility index (Phi) is 4.90. The fourth-order valence-corrected chi connectivity index (χ4v) is 7.50. The number of fused-ring (bicyclic) bond motifs is 5. The molecule has 30 heavy (non-hydrogen) atoms. The number of rotatable bonds is 3. The van der Waals surface area contributed by atoms with Gasteiger partial charge < -0.3 is 14.9 Å². The standard InChI is InChI=1S/C24H32O6/c1-13-9-16-17-6-8-24(29,20(28)12-30-14(2)25)23(17,4)11-19(27)21(16)22(3)7-5-15(26)10-18(13)22/h5,7,10,13,16-17,19,21,27,29H,6,8-9,11-12H2,1-4H3/t13-,16+,17+,19-,21-,22-,23+,24+/m0/s1. The SMILES string of the molecule is CC(=O)OCC(=O)[C@]1(O)CC[C@@H]2[C@H]3C[C@H](C)C4=CC(=O)C=C[C@]4(C)[C@@H]3[C@@H](O)C[C@]21C. The normalized spacial score (nSPS) is 47.1. The number of aliphatic hydroxyl groups excluding tert-OH is 1. The van der Waals surface area contributed by atoms with Gasteiger partial charge in [-0.25, -0.2) is 0 Å². The first kappa shape index (κ1) is 21.4. The van der Waals surface area contributed by atoms with Crippen molar-refractivity contribution < 1.29 is 29.3 Å². The molecule has 0 aromatic heterocycles. The molecule has 2 N–H and O–H groups in total. The Labute approximate surface area is 177 Å². The zero-order valence-corrected chi connectivity index (χ0v) is 18.2. The molecule has 0 radical (unpaired) electrons. The van der Waals surface area contributed by atoms with Gasteiger partial charge in [0.05, 0.1) is 6.10 Å². The smallest absolute Gasteiger partial charge is 0.303 e. The van der Waals surface area contributed by atoms with Gasteiger partial charge in [-0.2, -0.15) is 0 Å². The zero-order valence-electron chi connectivity index (χ0n) is 18.2. The minimum atomic E-state index is -1.61. The largest absolute Gasteiger partial charge is 0.458 e. The average molecular weight is 417 g/mol. The predicted molar refractivity (Wildman–Crippen MR) is 109 cm³/mol. The Bertz CT molecular complexity index is 858. The van der Waals surface area contributed by atoms with Gasteiger partial charge in [-0.15, -0.1) is 0 Å². The van der Waals surface area contributed by atoms with E-state index in [0.29, 0.717) is 19.3 Å². The lowest BCUT2D eigenvalue weighted by Crippen LogP contribution is -2.62. The summed E-state index contributed by atoms with van der Waals surface area (Å²) >= 11 is 0. The quantitative estimate of drug-likeness (QED) is 0.685. The minimum absolute atomic E-state index is 0.00535. The van der Waals surface area contributed by atoms with Gasteiger partial charge in [-0.1, -0.05) is 32.4 Å². The highest BCUT2D eigenvalue weighted by molar-refractivity contribution is 6.01. The van der Waals surface area contributed by atoms with E-state index < -0.39 is 40.9 Å². The second-order valence-electron chi connectivity index (χ2n) is 10.3. The van der Waals surface area contributed by atoms with Gasteiger partial charge >= 0.3 is 5.97 Å². The van der Waals surface area contributed by atoms with Crippen molar-refractivity contribution in [3.8, 4) is 0 Å². The van der Waals surface area contributed by atoms with E-state index in [-0.39, 0.29) is 29.5 Å². The molecular weight excluding hydrogens is 384 g/mol. The van der Waals surface area contributed by atoms with Gasteiger partial charge in [0, 0.05) is 23.7 Å². The molecule has 4 aliphatic carbocycles. The van der Waals surface area contributed by atoms with E-state index in [1.807, 2.05) is 13.0 Å². The molecule has 4 rings (SSSR count). The Morgan fingerprint density at radius 2 is 2.00 bits per heavy atom. The highest BCUT2D eigenvalue weighted by atomic mass is 16.5. The number of Topliss-reactive ketones (excluding diaryl/α,β-unsaturated/α-hetero) is 1. The molecule has 3 fully saturated rings. The molecule has 0 aliphatic heterocycles. The molecule has 0 unspecified atom stereocenters. The Morgan fingerprint density at radius 1 is 1.30 bits per heavy atom. The first-order chi connectivity index (χ1) is 13.9. The van der Waals surface area contributed by atoms with Gasteiger partial charge in [0.15, 0.2) is 12.4 Å². The summed E-state index contributed by atoms with van der Waals surface area (Å²) in [5.41, 5.74) is -1.72. The van der Waals surface area contributed by atoms with Gasteiger partial charge in [0.1, 0.15) is 5.60 Å². The fourth-order valence-electron chi connectivity index (χ4n) is 7.50. The summed E-state index contributed by atoms with van der Waals surface area (Å²) in [4.78, 5) is 36.1. The summed E-state index contributed by atoms with van der Waals surface area (Å²) in [7, 11) is 0. The van der Waals surface area contributed by atoms with Crippen molar-refractivity contribution >= 4 is 17.5 Å². The molecule has 0 spiro atoms. The van der Waals surface area contributed by atoms with Crippen LogP contribution >= 0.6 is 0 Å². The number of hydrogen-bond donors (Lipinski definition) is 2. The molecule has 6 nitrogen and oxygen atoms in total. The Balaban J connectivity index is 1.70. The third-order valence-corrected chi connectivity index (χ3v) is 8.84. The summed E-state index contributed by atoms with van der Waals surface area (Å²) in [5, 5.41) is 22.9. The highest BCUT2D eigenvalue weighted by Gasteiger charge is 2.68. The van der Waals surface area contributed by atoms with E-state index in [9.17, 15) is 24.6 Å². The van der Waals surface area contributed by atoms with Gasteiger partial charge in [0.2, 0.25) is 5.78 Å². The molecule has 4 aliphatic rings. The molecule has 0 bridgehead atoms. The number of allylic oxidation sites excluding steroid dienone is 4. The van der Waals surface area contributed by atoms with Crippen molar-refractivity contribution in [1.29, 1.82) is 0 Å². The topological polar surface area (TPSA) is 101 Å². The Hall–Kier alpha value is -1.79. The van der Waals surface area contributed by atoms with Gasteiger partial charge in [0.25, 0.3) is 0 Å². The monoisotopic (exact) mass is 416 g/mol. The number of carbonyl (C=O) groups excluding carboxylic acids is 3. The molecule has 0 heterocycles. The van der Waals surface area contributed by atoms with E-state index in [4.69, 9.17) is 4.74 Å². The van der Waals surface area contributed by atoms with Crippen molar-refractivity contribution in [2.45, 2.75) is 65.1 Å². The molecular formula is C24H32O6. The molecule has 8 atom stereocenters. The number of aliphatic hydroxyl groups is 2. The maximum absolute atomic E-state index is 12.9. The average Bonchev–Trinajstić information content (AvgIpc) is 2.93. The van der Waals surface area contributed by atoms with Crippen LogP contribution in [0, 0.1) is 34.5 Å². The zero-order chi connectivity index (χ0) is 22.1. The third-order valence-electron chi connectivity index (χ3n) is 8.84. The molecule has 3 saturated carbocycles. The molecule has 0 aromatic carbocycles. The van der Waals surface area contributed by atoms with Crippen LogP contribution in [-0.4, -0.2) is 46.1 Å². The molecule has 0 amide bonds. The number of hydrogen-bond acceptors (Lipinski definition) is 6. The van der Waals surface area contributed by atoms with Gasteiger partial charge in [-0.05, 0) is 55.6 Å². The second-order valence-corrected chi connectivity index (χ2v) is 10.3. The summed E-state index contributed by atoms with van der Waals surface area (Å²) in [6, 6.07) is 0. The lowest BCUT2D eigenvalue weighted by molar-refractivity contribution is -0.182. The van der Waals surface area contributed by atoms with Crippen molar-refractivity contribution in [2.75, 3.05) is 6.61 Å². The summed E-state index contributed by atoms with van der Waals surface area (Å²) in [6.45, 7) is 6.94. The molecule has 0 aromatic rings. The van der Waals surface area contributed by atoms with Crippen LogP contribution in [0.4, 0.5) is 0 Å². The van der Waals surface area contributed by atoms with Crippen LogP contribution in [0.5, 0.6) is 0 Å². The van der Waals surface area contributed by atoms with Gasteiger partial charge in [-0.3, -0.25) is 14.4 Å². The van der Waals surface area contributed by atoms with E-state index >= 15 is 0 Å². The molecule has 6 heteroatoms. The second kappa shape index (κ2) is 6.86. The first-order valence-corrected chi connectivity index (χ1v) is 11.0. The summed E-state index contributed by atoms with van der Waals surface area (Å²) in [6.07, 6.45) is 6.71. The first-order valence-electron chi connectivity index (χ1n) is 11.0. The van der Waals surface area contributed by atoms with Crippen molar-refractivity contribution in [2.24, 2.45) is 34.5 Å². The van der Waals surface area contributed by atoms with Crippen LogP contribution in [0.2, 0.25) is 0 Å². The maximum atomic E-state index is 12.9. The van der Waals surface area contributed by atoms with Crippen LogP contribution in [0.25, 0.3) is 0 Å². The van der Waals surface area contributed by atoms with Crippen molar-refractivity contribution in [1.82, 2.24) is 0 Å². The lowest BCUT2D eigenvalue weighted by atomic mass is 9.45. The maximum Gasteiger partial charge on any atom is 0.303 e. The Morgan fingerprint density at radius 3 is 2.67 bits per heavy atom. The van der Waals surface area contributed by atoms with Crippen LogP contribution in [-0.2, 0) is 19.1 Å². The minimum Gasteiger partial charge on any atom is -0.458 e. The van der Waals surface area contributed by atoms with Crippen LogP contribution in [0.15, 0.2) is 23.8 Å². The number of esters is 1. The lowest BCUT2D eigenvalue weighted by Gasteiger charge is -2.60. The molecule has 0 saturated heterocycles. The van der Waals surface area contributed by atoms with Crippen LogP contribution < -0.4 is 0 Å². The number of carbonyl (C=O) groups is 3. The van der Waals surface area contributed by atoms with E-state index in [1.165, 1.54) is 6.92 Å². The van der Waals surface area contributed by atoms with Crippen molar-refractivity contribution in [3.63, 3.8) is 0 Å². The third kappa shape index (κ3) is 2.79. The number of ether oxygens (including phenoxy) is 1. The van der Waals surface area contributed by atoms with E-state index in [0.717, 1.165) is 12.0 Å². The molecule has 164 valence electrons. The van der Waals surface area contributed by atoms with Crippen LogP contribution in [0.1, 0.15) is 53.4 Å². The predicted octanol–water partition coefficient (Wildman–Crippen LogP) is 2.37.